The first-order valence-corrected chi connectivity index (χ1v) is 5.50. The molecule has 1 aromatic carbocycles. The number of pyridine rings is 1. The molecule has 18 heavy (non-hydrogen) atoms. The number of non-ortho nitro benzene ring substituents is 1. The van der Waals surface area contributed by atoms with Crippen molar-refractivity contribution in [3.8, 4) is 5.75 Å². The number of aromatic nitrogens is 1. The molecule has 0 unspecified atom stereocenters. The van der Waals surface area contributed by atoms with Gasteiger partial charge in [-0.05, 0) is 23.8 Å². The van der Waals surface area contributed by atoms with Crippen LogP contribution in [-0.4, -0.2) is 9.91 Å². The zero-order chi connectivity index (χ0) is 13.0. The van der Waals surface area contributed by atoms with Crippen LogP contribution < -0.4 is 4.74 Å². The molecule has 0 bridgehead atoms. The molecule has 0 fully saturated rings. The summed E-state index contributed by atoms with van der Waals surface area (Å²) in [7, 11) is 0. The fourth-order valence-electron chi connectivity index (χ4n) is 1.36. The fourth-order valence-corrected chi connectivity index (χ4v) is 1.53. The van der Waals surface area contributed by atoms with Crippen LogP contribution in [0, 0.1) is 10.1 Å². The largest absolute Gasteiger partial charge is 0.487 e. The second-order valence-electron chi connectivity index (χ2n) is 3.52. The van der Waals surface area contributed by atoms with Gasteiger partial charge in [0.1, 0.15) is 12.4 Å². The number of nitrogens with zero attached hydrogens (tertiary/aromatic N) is 2. The summed E-state index contributed by atoms with van der Waals surface area (Å²) in [5, 5.41) is 11.0. The summed E-state index contributed by atoms with van der Waals surface area (Å²) in [4.78, 5) is 14.0. The van der Waals surface area contributed by atoms with E-state index in [9.17, 15) is 10.1 Å². The van der Waals surface area contributed by atoms with E-state index >= 15 is 0 Å². The third-order valence-electron chi connectivity index (χ3n) is 2.27. The van der Waals surface area contributed by atoms with Crippen molar-refractivity contribution in [2.24, 2.45) is 0 Å². The van der Waals surface area contributed by atoms with Gasteiger partial charge in [-0.15, -0.1) is 0 Å². The number of halogens is 1. The zero-order valence-corrected chi connectivity index (χ0v) is 10.0. The van der Waals surface area contributed by atoms with E-state index in [4.69, 9.17) is 16.3 Å². The molecule has 0 radical (unpaired) electrons. The highest BCUT2D eigenvalue weighted by molar-refractivity contribution is 6.32. The van der Waals surface area contributed by atoms with Crippen molar-refractivity contribution in [1.29, 1.82) is 0 Å². The van der Waals surface area contributed by atoms with Gasteiger partial charge in [0.25, 0.3) is 5.69 Å². The Morgan fingerprint density at radius 3 is 2.67 bits per heavy atom. The van der Waals surface area contributed by atoms with E-state index in [0.29, 0.717) is 10.8 Å². The molecule has 0 aliphatic heterocycles. The molecule has 6 heteroatoms. The third-order valence-corrected chi connectivity index (χ3v) is 2.58. The molecular formula is C12H9ClN2O3. The van der Waals surface area contributed by atoms with Crippen LogP contribution in [0.4, 0.5) is 5.69 Å². The first kappa shape index (κ1) is 12.3. The summed E-state index contributed by atoms with van der Waals surface area (Å²) < 4.78 is 5.45. The summed E-state index contributed by atoms with van der Waals surface area (Å²) in [5.74, 6) is 0.294. The van der Waals surface area contributed by atoms with Crippen molar-refractivity contribution in [3.63, 3.8) is 0 Å². The van der Waals surface area contributed by atoms with E-state index in [1.165, 1.54) is 18.2 Å². The molecule has 0 spiro atoms. The van der Waals surface area contributed by atoms with Crippen LogP contribution >= 0.6 is 11.6 Å². The molecule has 0 aliphatic rings. The molecule has 2 aromatic rings. The molecular weight excluding hydrogens is 256 g/mol. The number of hydrogen-bond acceptors (Lipinski definition) is 4. The molecule has 0 amide bonds. The number of ether oxygens (including phenoxy) is 1. The second kappa shape index (κ2) is 5.46. The van der Waals surface area contributed by atoms with Gasteiger partial charge in [-0.25, -0.2) is 0 Å². The van der Waals surface area contributed by atoms with Crippen molar-refractivity contribution >= 4 is 17.3 Å². The van der Waals surface area contributed by atoms with Crippen molar-refractivity contribution in [3.05, 3.63) is 63.4 Å². The Labute approximate surface area is 108 Å². The molecule has 0 atom stereocenters. The standard InChI is InChI=1S/C12H9ClN2O3/c13-11-2-1-10(15(16)17)7-12(11)18-8-9-3-5-14-6-4-9/h1-7H,8H2. The highest BCUT2D eigenvalue weighted by atomic mass is 35.5. The first-order chi connectivity index (χ1) is 8.66. The van der Waals surface area contributed by atoms with Crippen LogP contribution in [0.5, 0.6) is 5.75 Å². The van der Waals surface area contributed by atoms with E-state index in [1.54, 1.807) is 24.5 Å². The number of rotatable bonds is 4. The van der Waals surface area contributed by atoms with Gasteiger partial charge in [-0.1, -0.05) is 11.6 Å². The van der Waals surface area contributed by atoms with E-state index < -0.39 is 4.92 Å². The zero-order valence-electron chi connectivity index (χ0n) is 9.25. The van der Waals surface area contributed by atoms with Gasteiger partial charge in [0.05, 0.1) is 16.0 Å². The maximum Gasteiger partial charge on any atom is 0.273 e. The van der Waals surface area contributed by atoms with E-state index in [1.807, 2.05) is 0 Å². The minimum Gasteiger partial charge on any atom is -0.487 e. The Bertz CT molecular complexity index is 561. The highest BCUT2D eigenvalue weighted by Crippen LogP contribution is 2.29. The molecule has 0 N–H and O–H groups in total. The van der Waals surface area contributed by atoms with Gasteiger partial charge in [-0.2, -0.15) is 0 Å². The minimum atomic E-state index is -0.490. The second-order valence-corrected chi connectivity index (χ2v) is 3.92. The summed E-state index contributed by atoms with van der Waals surface area (Å²) in [5.41, 5.74) is 0.858. The van der Waals surface area contributed by atoms with E-state index in [2.05, 4.69) is 4.98 Å². The third kappa shape index (κ3) is 2.95. The molecule has 1 aromatic heterocycles. The van der Waals surface area contributed by atoms with Crippen LogP contribution in [0.1, 0.15) is 5.56 Å². The first-order valence-electron chi connectivity index (χ1n) is 5.12. The normalized spacial score (nSPS) is 10.1. The van der Waals surface area contributed by atoms with Crippen LogP contribution in [0.15, 0.2) is 42.7 Å². The van der Waals surface area contributed by atoms with Crippen molar-refractivity contribution < 1.29 is 9.66 Å². The Kier molecular flexibility index (Phi) is 3.74. The van der Waals surface area contributed by atoms with Gasteiger partial charge in [0.15, 0.2) is 0 Å². The smallest absolute Gasteiger partial charge is 0.273 e. The van der Waals surface area contributed by atoms with E-state index in [0.717, 1.165) is 5.56 Å². The number of hydrogen-bond donors (Lipinski definition) is 0. The van der Waals surface area contributed by atoms with Crippen LogP contribution in [-0.2, 0) is 6.61 Å². The van der Waals surface area contributed by atoms with Crippen LogP contribution in [0.2, 0.25) is 5.02 Å². The minimum absolute atomic E-state index is 0.0517. The van der Waals surface area contributed by atoms with Crippen molar-refractivity contribution in [2.45, 2.75) is 6.61 Å². The van der Waals surface area contributed by atoms with Gasteiger partial charge >= 0.3 is 0 Å². The topological polar surface area (TPSA) is 65.3 Å². The van der Waals surface area contributed by atoms with Crippen molar-refractivity contribution in [1.82, 2.24) is 4.98 Å². The molecule has 0 saturated heterocycles. The molecule has 2 rings (SSSR count). The number of nitro groups is 1. The Hall–Kier alpha value is -2.14. The lowest BCUT2D eigenvalue weighted by molar-refractivity contribution is -0.384. The van der Waals surface area contributed by atoms with Gasteiger partial charge in [0, 0.05) is 18.5 Å². The van der Waals surface area contributed by atoms with Gasteiger partial charge in [-0.3, -0.25) is 15.1 Å². The molecule has 92 valence electrons. The Morgan fingerprint density at radius 1 is 1.28 bits per heavy atom. The average Bonchev–Trinajstić information content (AvgIpc) is 2.38. The number of benzene rings is 1. The quantitative estimate of drug-likeness (QED) is 0.628. The van der Waals surface area contributed by atoms with Gasteiger partial charge < -0.3 is 4.74 Å². The molecule has 0 aliphatic carbocycles. The molecule has 0 saturated carbocycles. The maximum atomic E-state index is 10.6. The van der Waals surface area contributed by atoms with Crippen LogP contribution in [0.25, 0.3) is 0 Å². The Morgan fingerprint density at radius 2 is 2.00 bits per heavy atom. The average molecular weight is 265 g/mol. The van der Waals surface area contributed by atoms with Crippen LogP contribution in [0.3, 0.4) is 0 Å². The molecule has 1 heterocycles. The SMILES string of the molecule is O=[N+]([O-])c1ccc(Cl)c(OCc2ccncc2)c1. The Balaban J connectivity index is 2.14. The van der Waals surface area contributed by atoms with Crippen molar-refractivity contribution in [2.75, 3.05) is 0 Å². The highest BCUT2D eigenvalue weighted by Gasteiger charge is 2.10. The summed E-state index contributed by atoms with van der Waals surface area (Å²) in [6.07, 6.45) is 3.29. The summed E-state index contributed by atoms with van der Waals surface area (Å²) >= 11 is 5.91. The monoisotopic (exact) mass is 264 g/mol. The predicted octanol–water partition coefficient (Wildman–Crippen LogP) is 3.22. The van der Waals surface area contributed by atoms with E-state index in [-0.39, 0.29) is 12.3 Å². The maximum absolute atomic E-state index is 10.6. The lowest BCUT2D eigenvalue weighted by Crippen LogP contribution is -1.97. The lowest BCUT2D eigenvalue weighted by Gasteiger charge is -2.07. The predicted molar refractivity (Wildman–Crippen MR) is 66.7 cm³/mol. The molecule has 5 nitrogen and oxygen atoms in total. The summed E-state index contributed by atoms with van der Waals surface area (Å²) in [6.45, 7) is 0.281. The lowest BCUT2D eigenvalue weighted by atomic mass is 10.3. The van der Waals surface area contributed by atoms with Gasteiger partial charge in [0.2, 0.25) is 0 Å². The number of nitro benzene ring substituents is 1. The fraction of sp³-hybridized carbons (Fsp3) is 0.0833. The summed E-state index contributed by atoms with van der Waals surface area (Å²) in [6, 6.07) is 7.68.